The summed E-state index contributed by atoms with van der Waals surface area (Å²) < 4.78 is 1.77. The molecular weight excluding hydrogens is 202 g/mol. The molecule has 0 aliphatic rings. The molecule has 0 saturated heterocycles. The van der Waals surface area contributed by atoms with Crippen molar-refractivity contribution in [2.75, 3.05) is 11.9 Å². The Bertz CT molecular complexity index is 463. The van der Waals surface area contributed by atoms with Crippen molar-refractivity contribution in [2.24, 2.45) is 0 Å². The van der Waals surface area contributed by atoms with E-state index in [0.717, 1.165) is 0 Å². The third-order valence-electron chi connectivity index (χ3n) is 1.66. The molecule has 2 rings (SSSR count). The van der Waals surface area contributed by atoms with Crippen LogP contribution in [0.25, 0.3) is 5.65 Å². The number of rotatable bonds is 3. The van der Waals surface area contributed by atoms with Gasteiger partial charge in [-0.15, -0.1) is 10.2 Å². The molecule has 0 fully saturated rings. The molecule has 1 N–H and O–H groups in total. The van der Waals surface area contributed by atoms with Crippen molar-refractivity contribution < 1.29 is 0 Å². The molecule has 0 aliphatic heterocycles. The second-order valence-corrected chi connectivity index (χ2v) is 3.24. The Kier molecular flexibility index (Phi) is 2.32. The molecule has 72 valence electrons. The lowest BCUT2D eigenvalue weighted by Crippen LogP contribution is -2.04. The van der Waals surface area contributed by atoms with E-state index in [9.17, 15) is 0 Å². The Morgan fingerprint density at radius 1 is 1.64 bits per heavy atom. The molecule has 0 unspecified atom stereocenters. The summed E-state index contributed by atoms with van der Waals surface area (Å²) in [6, 6.07) is 0. The molecule has 0 amide bonds. The van der Waals surface area contributed by atoms with Crippen LogP contribution in [-0.4, -0.2) is 26.1 Å². The Balaban J connectivity index is 2.32. The van der Waals surface area contributed by atoms with E-state index in [1.807, 2.05) is 0 Å². The Labute approximate surface area is 85.4 Å². The highest BCUT2D eigenvalue weighted by Crippen LogP contribution is 2.10. The zero-order valence-electron chi connectivity index (χ0n) is 7.31. The van der Waals surface area contributed by atoms with Gasteiger partial charge in [0.1, 0.15) is 6.33 Å². The zero-order chi connectivity index (χ0) is 9.97. The molecule has 0 aromatic carbocycles. The minimum Gasteiger partial charge on any atom is -0.362 e. The summed E-state index contributed by atoms with van der Waals surface area (Å²) in [7, 11) is 0. The molecule has 2 heterocycles. The van der Waals surface area contributed by atoms with Crippen molar-refractivity contribution in [3.05, 3.63) is 30.3 Å². The summed E-state index contributed by atoms with van der Waals surface area (Å²) in [6.45, 7) is 4.03. The van der Waals surface area contributed by atoms with Crippen LogP contribution in [0.15, 0.2) is 30.3 Å². The number of anilines is 1. The van der Waals surface area contributed by atoms with E-state index in [2.05, 4.69) is 27.1 Å². The van der Waals surface area contributed by atoms with Gasteiger partial charge in [0.2, 0.25) is 5.65 Å². The predicted molar refractivity (Wildman–Crippen MR) is 54.3 cm³/mol. The number of aromatic nitrogens is 4. The van der Waals surface area contributed by atoms with Gasteiger partial charge in [0, 0.05) is 17.4 Å². The Morgan fingerprint density at radius 2 is 2.50 bits per heavy atom. The van der Waals surface area contributed by atoms with E-state index < -0.39 is 0 Å². The number of nitrogens with zero attached hydrogens (tertiary/aromatic N) is 4. The average molecular weight is 210 g/mol. The molecule has 5 nitrogen and oxygen atoms in total. The molecule has 2 aromatic rings. The molecular formula is C8H8ClN5. The fraction of sp³-hybridized carbons (Fsp3) is 0.125. The molecule has 0 aliphatic carbocycles. The summed E-state index contributed by atoms with van der Waals surface area (Å²) in [6.07, 6.45) is 5.05. The number of nitrogens with one attached hydrogen (secondary N) is 1. The highest BCUT2D eigenvalue weighted by Gasteiger charge is 2.03. The van der Waals surface area contributed by atoms with Crippen LogP contribution in [0.2, 0.25) is 0 Å². The van der Waals surface area contributed by atoms with E-state index in [-0.39, 0.29) is 0 Å². The second-order valence-electron chi connectivity index (χ2n) is 2.71. The number of fused-ring (bicyclic) bond motifs is 1. The van der Waals surface area contributed by atoms with Gasteiger partial charge in [0.05, 0.1) is 6.54 Å². The first-order chi connectivity index (χ1) is 6.77. The fourth-order valence-electron chi connectivity index (χ4n) is 1.06. The van der Waals surface area contributed by atoms with Crippen molar-refractivity contribution in [1.29, 1.82) is 0 Å². The van der Waals surface area contributed by atoms with E-state index in [1.54, 1.807) is 23.1 Å². The zero-order valence-corrected chi connectivity index (χ0v) is 8.07. The lowest BCUT2D eigenvalue weighted by Gasteiger charge is -2.03. The van der Waals surface area contributed by atoms with Gasteiger partial charge in [-0.05, 0) is 0 Å². The maximum atomic E-state index is 5.63. The van der Waals surface area contributed by atoms with Gasteiger partial charge in [0.25, 0.3) is 0 Å². The van der Waals surface area contributed by atoms with Crippen LogP contribution < -0.4 is 5.32 Å². The third kappa shape index (κ3) is 1.67. The Hall–Kier alpha value is -1.62. The largest absolute Gasteiger partial charge is 0.362 e. The number of hydrogen-bond donors (Lipinski definition) is 1. The van der Waals surface area contributed by atoms with Crippen LogP contribution >= 0.6 is 11.6 Å². The minimum absolute atomic E-state index is 0.459. The summed E-state index contributed by atoms with van der Waals surface area (Å²) in [5, 5.41) is 11.2. The maximum Gasteiger partial charge on any atom is 0.203 e. The van der Waals surface area contributed by atoms with Gasteiger partial charge < -0.3 is 5.32 Å². The van der Waals surface area contributed by atoms with E-state index in [0.29, 0.717) is 23.0 Å². The number of halogens is 1. The van der Waals surface area contributed by atoms with Crippen LogP contribution in [0, 0.1) is 0 Å². The van der Waals surface area contributed by atoms with Crippen LogP contribution in [0.1, 0.15) is 0 Å². The van der Waals surface area contributed by atoms with Gasteiger partial charge in [-0.2, -0.15) is 0 Å². The van der Waals surface area contributed by atoms with Gasteiger partial charge in [0.15, 0.2) is 5.82 Å². The fourth-order valence-corrected chi connectivity index (χ4v) is 1.13. The van der Waals surface area contributed by atoms with Crippen molar-refractivity contribution >= 4 is 23.1 Å². The molecule has 2 aromatic heterocycles. The van der Waals surface area contributed by atoms with Crippen molar-refractivity contribution in [3.8, 4) is 0 Å². The summed E-state index contributed by atoms with van der Waals surface area (Å²) in [5.41, 5.74) is 0.672. The SMILES string of the molecule is C=C(Cl)CNc1nccn2cnnc12. The highest BCUT2D eigenvalue weighted by molar-refractivity contribution is 6.29. The molecule has 0 bridgehead atoms. The first-order valence-corrected chi connectivity index (χ1v) is 4.36. The van der Waals surface area contributed by atoms with E-state index in [4.69, 9.17) is 11.6 Å². The average Bonchev–Trinajstić information content (AvgIpc) is 2.62. The van der Waals surface area contributed by atoms with Crippen LogP contribution in [0.5, 0.6) is 0 Å². The van der Waals surface area contributed by atoms with Gasteiger partial charge >= 0.3 is 0 Å². The van der Waals surface area contributed by atoms with E-state index in [1.165, 1.54) is 0 Å². The molecule has 6 heteroatoms. The van der Waals surface area contributed by atoms with Crippen molar-refractivity contribution in [2.45, 2.75) is 0 Å². The second kappa shape index (κ2) is 3.63. The monoisotopic (exact) mass is 209 g/mol. The van der Waals surface area contributed by atoms with Gasteiger partial charge in [-0.25, -0.2) is 4.98 Å². The summed E-state index contributed by atoms with van der Waals surface area (Å²) in [4.78, 5) is 4.12. The Morgan fingerprint density at radius 3 is 3.29 bits per heavy atom. The number of hydrogen-bond acceptors (Lipinski definition) is 4. The summed E-state index contributed by atoms with van der Waals surface area (Å²) in [5.74, 6) is 0.645. The predicted octanol–water partition coefficient (Wildman–Crippen LogP) is 1.29. The van der Waals surface area contributed by atoms with Crippen molar-refractivity contribution in [3.63, 3.8) is 0 Å². The normalized spacial score (nSPS) is 10.4. The quantitative estimate of drug-likeness (QED) is 0.828. The topological polar surface area (TPSA) is 55.1 Å². The van der Waals surface area contributed by atoms with Gasteiger partial charge in [-0.1, -0.05) is 18.2 Å². The standard InChI is InChI=1S/C8H8ClN5/c1-6(9)4-11-7-8-13-12-5-14(8)3-2-10-7/h2-3,5H,1,4H2,(H,10,11). The van der Waals surface area contributed by atoms with Crippen molar-refractivity contribution in [1.82, 2.24) is 19.6 Å². The molecule has 0 spiro atoms. The molecule has 0 saturated carbocycles. The van der Waals surface area contributed by atoms with Crippen LogP contribution in [0.3, 0.4) is 0 Å². The highest BCUT2D eigenvalue weighted by atomic mass is 35.5. The summed E-state index contributed by atoms with van der Waals surface area (Å²) >= 11 is 5.63. The molecule has 0 atom stereocenters. The smallest absolute Gasteiger partial charge is 0.203 e. The maximum absolute atomic E-state index is 5.63. The first-order valence-electron chi connectivity index (χ1n) is 3.99. The minimum atomic E-state index is 0.459. The lowest BCUT2D eigenvalue weighted by molar-refractivity contribution is 1.10. The molecule has 14 heavy (non-hydrogen) atoms. The first kappa shape index (κ1) is 8.96. The van der Waals surface area contributed by atoms with E-state index >= 15 is 0 Å². The third-order valence-corrected chi connectivity index (χ3v) is 1.80. The lowest BCUT2D eigenvalue weighted by atomic mass is 10.5. The van der Waals surface area contributed by atoms with Crippen LogP contribution in [0.4, 0.5) is 5.82 Å². The van der Waals surface area contributed by atoms with Crippen LogP contribution in [-0.2, 0) is 0 Å². The van der Waals surface area contributed by atoms with Gasteiger partial charge in [-0.3, -0.25) is 4.40 Å². The molecule has 0 radical (unpaired) electrons.